The molecule has 0 bridgehead atoms. The highest BCUT2D eigenvalue weighted by molar-refractivity contribution is 8.00. The largest absolute Gasteiger partial charge is 0.493 e. The molecule has 2 heterocycles. The van der Waals surface area contributed by atoms with Gasteiger partial charge in [0, 0.05) is 78.2 Å². The van der Waals surface area contributed by atoms with Crippen molar-refractivity contribution < 1.29 is 38.9 Å². The number of fused-ring (bicyclic) bond motifs is 3. The van der Waals surface area contributed by atoms with E-state index in [-0.39, 0.29) is 17.8 Å². The fraction of sp³-hybridized carbons (Fsp3) is 0.610. The molecule has 5 N–H and O–H groups in total. The lowest BCUT2D eigenvalue weighted by Gasteiger charge is -2.24. The van der Waals surface area contributed by atoms with E-state index in [2.05, 4.69) is 47.0 Å². The van der Waals surface area contributed by atoms with Crippen LogP contribution >= 0.6 is 11.8 Å². The summed E-state index contributed by atoms with van der Waals surface area (Å²) in [5, 5.41) is 16.2. The SMILES string of the molecule is CCC(CCC(C)NC1CSC(CCCCC(=O)NCCOCCOCCn2nc3c(c2Nc2cccc(F)c2)Cc2cc(OC)c(OC)cc2-3)C1N)[Cl+]C. The van der Waals surface area contributed by atoms with Gasteiger partial charge in [0.25, 0.3) is 0 Å². The molecular formula is C41H61ClFN6O5S+. The molecule has 5 rings (SSSR count). The summed E-state index contributed by atoms with van der Waals surface area (Å²) in [5.41, 5.74) is 11.2. The number of carbonyl (C=O) groups excluding carboxylic acids is 1. The molecule has 55 heavy (non-hydrogen) atoms. The van der Waals surface area contributed by atoms with Crippen LogP contribution in [-0.2, 0) is 27.2 Å². The number of carbonyl (C=O) groups is 1. The van der Waals surface area contributed by atoms with Gasteiger partial charge in [0.05, 0.1) is 52.9 Å². The van der Waals surface area contributed by atoms with Crippen molar-refractivity contribution in [3.63, 3.8) is 0 Å². The Hall–Kier alpha value is -3.07. The molecule has 1 saturated heterocycles. The van der Waals surface area contributed by atoms with E-state index >= 15 is 0 Å². The molecule has 2 aliphatic rings. The number of ether oxygens (including phenoxy) is 4. The molecule has 3 aromatic rings. The number of aromatic nitrogens is 2. The molecular weight excluding hydrogens is 743 g/mol. The fourth-order valence-corrected chi connectivity index (χ4v) is 9.48. The predicted molar refractivity (Wildman–Crippen MR) is 216 cm³/mol. The maximum absolute atomic E-state index is 14.0. The number of nitrogens with two attached hydrogens (primary N) is 1. The van der Waals surface area contributed by atoms with Gasteiger partial charge in [-0.2, -0.15) is 16.9 Å². The zero-order valence-electron chi connectivity index (χ0n) is 33.1. The third-order valence-corrected chi connectivity index (χ3v) is 13.1. The van der Waals surface area contributed by atoms with E-state index in [9.17, 15) is 9.18 Å². The topological polar surface area (TPSA) is 134 Å². The Morgan fingerprint density at radius 1 is 1.09 bits per heavy atom. The van der Waals surface area contributed by atoms with E-state index in [4.69, 9.17) is 29.8 Å². The summed E-state index contributed by atoms with van der Waals surface area (Å²) < 4.78 is 38.6. The molecule has 5 unspecified atom stereocenters. The van der Waals surface area contributed by atoms with E-state index in [0.29, 0.717) is 92.3 Å². The second-order valence-electron chi connectivity index (χ2n) is 14.3. The van der Waals surface area contributed by atoms with Crippen LogP contribution in [0.25, 0.3) is 11.3 Å². The van der Waals surface area contributed by atoms with Crippen molar-refractivity contribution in [2.24, 2.45) is 5.73 Å². The first-order valence-electron chi connectivity index (χ1n) is 19.6. The Morgan fingerprint density at radius 2 is 1.87 bits per heavy atom. The molecule has 5 atom stereocenters. The second-order valence-corrected chi connectivity index (χ2v) is 16.6. The Morgan fingerprint density at radius 3 is 2.62 bits per heavy atom. The highest BCUT2D eigenvalue weighted by Gasteiger charge is 2.34. The van der Waals surface area contributed by atoms with Crippen molar-refractivity contribution in [1.29, 1.82) is 0 Å². The third-order valence-electron chi connectivity index (χ3n) is 10.4. The lowest BCUT2D eigenvalue weighted by atomic mass is 10.0. The number of halogens is 2. The first kappa shape index (κ1) is 43.1. The minimum atomic E-state index is -0.318. The number of methoxy groups -OCH3 is 2. The predicted octanol–water partition coefficient (Wildman–Crippen LogP) is 6.13. The molecule has 304 valence electrons. The second kappa shape index (κ2) is 22.0. The first-order valence-corrected chi connectivity index (χ1v) is 21.9. The fourth-order valence-electron chi connectivity index (χ4n) is 7.31. The molecule has 0 radical (unpaired) electrons. The van der Waals surface area contributed by atoms with Crippen LogP contribution < -0.4 is 31.2 Å². The maximum atomic E-state index is 14.0. The van der Waals surface area contributed by atoms with Crippen LogP contribution in [0.15, 0.2) is 36.4 Å². The van der Waals surface area contributed by atoms with Gasteiger partial charge in [-0.3, -0.25) is 4.79 Å². The molecule has 1 fully saturated rings. The van der Waals surface area contributed by atoms with Gasteiger partial charge in [0.1, 0.15) is 22.4 Å². The quantitative estimate of drug-likeness (QED) is 0.0459. The number of unbranched alkanes of at least 4 members (excludes halogenated alkanes) is 1. The number of hydrogen-bond acceptors (Lipinski definition) is 10. The number of nitrogens with one attached hydrogen (secondary N) is 3. The molecule has 1 aliphatic carbocycles. The Bertz CT molecular complexity index is 1660. The normalized spacial score (nSPS) is 18.5. The molecule has 2 aromatic carbocycles. The van der Waals surface area contributed by atoms with E-state index in [1.54, 1.807) is 20.3 Å². The molecule has 1 aromatic heterocycles. The molecule has 1 amide bonds. The van der Waals surface area contributed by atoms with Gasteiger partial charge in [0.15, 0.2) is 23.3 Å². The van der Waals surface area contributed by atoms with E-state index in [1.807, 2.05) is 34.6 Å². The molecule has 0 saturated carbocycles. The van der Waals surface area contributed by atoms with E-state index < -0.39 is 0 Å². The van der Waals surface area contributed by atoms with Crippen LogP contribution in [0.3, 0.4) is 0 Å². The van der Waals surface area contributed by atoms with Gasteiger partial charge in [-0.15, -0.1) is 0 Å². The number of amides is 1. The summed E-state index contributed by atoms with van der Waals surface area (Å²) in [7, 11) is 5.68. The molecule has 0 spiro atoms. The van der Waals surface area contributed by atoms with Crippen molar-refractivity contribution >= 4 is 29.2 Å². The lowest BCUT2D eigenvalue weighted by molar-refractivity contribution is -0.664. The van der Waals surface area contributed by atoms with Crippen LogP contribution in [0.4, 0.5) is 15.9 Å². The van der Waals surface area contributed by atoms with Gasteiger partial charge in [-0.05, 0) is 62.1 Å². The molecule has 11 nitrogen and oxygen atoms in total. The third kappa shape index (κ3) is 12.2. The summed E-state index contributed by atoms with van der Waals surface area (Å²) in [4.78, 5) is 12.4. The average molecular weight is 804 g/mol. The zero-order valence-corrected chi connectivity index (χ0v) is 34.7. The van der Waals surface area contributed by atoms with Gasteiger partial charge >= 0.3 is 0 Å². The van der Waals surface area contributed by atoms with E-state index in [0.717, 1.165) is 53.2 Å². The minimum Gasteiger partial charge on any atom is -0.493 e. The van der Waals surface area contributed by atoms with Crippen LogP contribution in [0.2, 0.25) is 0 Å². The van der Waals surface area contributed by atoms with Crippen LogP contribution in [0, 0.1) is 16.6 Å². The summed E-state index contributed by atoms with van der Waals surface area (Å²) in [6.07, 6.45) is 9.81. The van der Waals surface area contributed by atoms with Gasteiger partial charge in [0.2, 0.25) is 5.91 Å². The van der Waals surface area contributed by atoms with Crippen molar-refractivity contribution in [1.82, 2.24) is 20.4 Å². The Balaban J connectivity index is 0.952. The minimum absolute atomic E-state index is 0.0555. The average Bonchev–Trinajstić information content (AvgIpc) is 3.83. The van der Waals surface area contributed by atoms with Gasteiger partial charge in [-0.25, -0.2) is 9.07 Å². The molecule has 1 aliphatic heterocycles. The Kier molecular flexibility index (Phi) is 17.2. The standard InChI is InChI=1S/C41H60ClFN6O5S/c1-6-29(42-3)15-14-27(2)46-34-26-55-37(39(34)44)12-7-8-13-38(50)45-16-18-53-20-21-54-19-17-49-41(47-31-11-9-10-30(43)24-31)33-22-28-23-35(51-4)36(52-5)25-32(28)40(33)48-49/h9-11,23-25,27,29,34,37,39,46H,6-8,12-22,26,44H2,1-5H3,(H-,45,47,48,50)/p+1. The number of anilines is 2. The van der Waals surface area contributed by atoms with Crippen molar-refractivity contribution in [2.45, 2.75) is 101 Å². The molecule has 14 heteroatoms. The number of hydrogen-bond donors (Lipinski definition) is 4. The summed E-state index contributed by atoms with van der Waals surface area (Å²) in [6, 6.07) is 11.3. The summed E-state index contributed by atoms with van der Waals surface area (Å²) in [5.74, 6) is 2.89. The van der Waals surface area contributed by atoms with Crippen LogP contribution in [-0.4, -0.2) is 104 Å². The Labute approximate surface area is 334 Å². The lowest BCUT2D eigenvalue weighted by Crippen LogP contribution is -2.50. The van der Waals surface area contributed by atoms with Gasteiger partial charge in [-0.1, -0.05) is 19.4 Å². The van der Waals surface area contributed by atoms with Crippen LogP contribution in [0.1, 0.15) is 69.9 Å². The number of alkyl halides is 2. The van der Waals surface area contributed by atoms with Crippen LogP contribution in [0.5, 0.6) is 11.5 Å². The number of nitrogens with zero attached hydrogens (tertiary/aromatic N) is 2. The van der Waals surface area contributed by atoms with Crippen molar-refractivity contribution in [2.75, 3.05) is 64.6 Å². The van der Waals surface area contributed by atoms with Crippen molar-refractivity contribution in [3.8, 4) is 22.8 Å². The highest BCUT2D eigenvalue weighted by atomic mass is 35.5. The number of rotatable bonds is 25. The van der Waals surface area contributed by atoms with Gasteiger partial charge < -0.3 is 40.6 Å². The first-order chi connectivity index (χ1) is 26.7. The van der Waals surface area contributed by atoms with Crippen molar-refractivity contribution in [3.05, 3.63) is 53.3 Å². The maximum Gasteiger partial charge on any atom is 0.220 e. The summed E-state index contributed by atoms with van der Waals surface area (Å²) in [6.45, 7) is 7.15. The number of benzene rings is 2. The number of thioether (sulfide) groups is 1. The van der Waals surface area contributed by atoms with E-state index in [1.165, 1.54) is 31.4 Å². The highest BCUT2D eigenvalue weighted by Crippen LogP contribution is 2.45. The smallest absolute Gasteiger partial charge is 0.220 e. The zero-order chi connectivity index (χ0) is 39.2. The monoisotopic (exact) mass is 803 g/mol. The summed E-state index contributed by atoms with van der Waals surface area (Å²) >= 11 is 1.98.